The van der Waals surface area contributed by atoms with Gasteiger partial charge < -0.3 is 0 Å². The van der Waals surface area contributed by atoms with Gasteiger partial charge in [-0.2, -0.15) is 10.2 Å². The normalized spacial score (nSPS) is 12.3. The molecular weight excluding hydrogens is 172 g/mol. The molecule has 0 unspecified atom stereocenters. The van der Waals surface area contributed by atoms with Crippen molar-refractivity contribution in [3.63, 3.8) is 0 Å². The fourth-order valence-electron chi connectivity index (χ4n) is 0.682. The zero-order chi connectivity index (χ0) is 11.6. The van der Waals surface area contributed by atoms with Crippen LogP contribution in [0.5, 0.6) is 0 Å². The Balaban J connectivity index is 0. The predicted octanol–water partition coefficient (Wildman–Crippen LogP) is 4.08. The summed E-state index contributed by atoms with van der Waals surface area (Å²) >= 11 is 0. The summed E-state index contributed by atoms with van der Waals surface area (Å²) in [5.41, 5.74) is 0.958. The molecule has 0 bridgehead atoms. The summed E-state index contributed by atoms with van der Waals surface area (Å²) in [7, 11) is 0. The van der Waals surface area contributed by atoms with Gasteiger partial charge in [-0.25, -0.2) is 0 Å². The summed E-state index contributed by atoms with van der Waals surface area (Å²) in [6.45, 7) is 16.0. The topological polar surface area (TPSA) is 24.7 Å². The third-order valence-corrected chi connectivity index (χ3v) is 1.39. The number of hydrogen-bond acceptors (Lipinski definition) is 2. The average molecular weight is 196 g/mol. The number of nitrogens with zero attached hydrogens (tertiary/aromatic N) is 2. The van der Waals surface area contributed by atoms with Crippen molar-refractivity contribution >= 4 is 11.9 Å². The van der Waals surface area contributed by atoms with Crippen LogP contribution >= 0.6 is 0 Å². The Labute approximate surface area is 88.8 Å². The maximum Gasteiger partial charge on any atom is 0.0677 e. The van der Waals surface area contributed by atoms with E-state index in [1.165, 1.54) is 0 Å². The van der Waals surface area contributed by atoms with Crippen LogP contribution in [0.25, 0.3) is 0 Å². The van der Waals surface area contributed by atoms with Crippen LogP contribution in [-0.2, 0) is 0 Å². The van der Waals surface area contributed by atoms with Gasteiger partial charge in [-0.15, -0.1) is 0 Å². The van der Waals surface area contributed by atoms with Crippen molar-refractivity contribution in [1.29, 1.82) is 0 Å². The first-order valence-electron chi connectivity index (χ1n) is 5.24. The van der Waals surface area contributed by atoms with E-state index in [0.717, 1.165) is 12.1 Å². The zero-order valence-corrected chi connectivity index (χ0v) is 10.5. The molecule has 0 rings (SSSR count). The van der Waals surface area contributed by atoms with Crippen LogP contribution in [0.3, 0.4) is 0 Å². The smallest absolute Gasteiger partial charge is 0.0677 e. The molecule has 0 aliphatic carbocycles. The van der Waals surface area contributed by atoms with E-state index in [-0.39, 0.29) is 5.41 Å². The van der Waals surface area contributed by atoms with Crippen LogP contribution in [0.4, 0.5) is 0 Å². The first-order valence-corrected chi connectivity index (χ1v) is 5.24. The Bertz CT molecular complexity index is 195. The van der Waals surface area contributed by atoms with Gasteiger partial charge in [-0.05, 0) is 12.5 Å². The summed E-state index contributed by atoms with van der Waals surface area (Å²) in [6.07, 6.45) is 4.46. The highest BCUT2D eigenvalue weighted by Gasteiger charge is 2.15. The minimum Gasteiger partial charge on any atom is -0.163 e. The molecule has 0 aliphatic heterocycles. The number of allylic oxidation sites excluding steroid dienone is 1. The average Bonchev–Trinajstić information content (AvgIpc) is 2.14. The molecule has 2 heteroatoms. The molecule has 0 fully saturated rings. The molecule has 0 amide bonds. The van der Waals surface area contributed by atoms with E-state index < -0.39 is 0 Å². The minimum atomic E-state index is 0.0346. The third kappa shape index (κ3) is 7.71. The van der Waals surface area contributed by atoms with Crippen LogP contribution in [0, 0.1) is 5.41 Å². The highest BCUT2D eigenvalue weighted by atomic mass is 15.2. The number of hydrogen-bond donors (Lipinski definition) is 0. The Morgan fingerprint density at radius 2 is 1.79 bits per heavy atom. The second kappa shape index (κ2) is 8.67. The summed E-state index contributed by atoms with van der Waals surface area (Å²) < 4.78 is 0. The largest absolute Gasteiger partial charge is 0.163 e. The molecule has 0 aromatic carbocycles. The molecule has 0 aliphatic rings. The van der Waals surface area contributed by atoms with Crippen molar-refractivity contribution in [3.8, 4) is 0 Å². The van der Waals surface area contributed by atoms with Gasteiger partial charge in [-0.1, -0.05) is 48.1 Å². The predicted molar refractivity (Wildman–Crippen MR) is 67.2 cm³/mol. The maximum atomic E-state index is 4.07. The Hall–Kier alpha value is -0.920. The van der Waals surface area contributed by atoms with Crippen molar-refractivity contribution in [2.24, 2.45) is 15.6 Å². The Morgan fingerprint density at radius 3 is 2.07 bits per heavy atom. The highest BCUT2D eigenvalue weighted by Crippen LogP contribution is 2.16. The summed E-state index contributed by atoms with van der Waals surface area (Å²) in [6, 6.07) is 0. The Kier molecular flexibility index (Phi) is 9.63. The first-order chi connectivity index (χ1) is 6.52. The van der Waals surface area contributed by atoms with E-state index in [2.05, 4.69) is 37.6 Å². The lowest BCUT2D eigenvalue weighted by Gasteiger charge is -2.16. The second-order valence-electron chi connectivity index (χ2n) is 3.65. The van der Waals surface area contributed by atoms with Crippen molar-refractivity contribution < 1.29 is 0 Å². The lowest BCUT2D eigenvalue weighted by atomic mass is 9.90. The molecule has 0 aromatic heterocycles. The standard InChI is InChI=1S/C10H18N2.C2H6/c1-6-8-11-12-9(7-2)10(3,4)5;1-2/h7-8H,2,6H2,1,3-5H3;1-2H3/b11-8-,12-9+;. The molecule has 0 saturated carbocycles. The van der Waals surface area contributed by atoms with Crippen LogP contribution in [-0.4, -0.2) is 11.9 Å². The molecule has 2 nitrogen and oxygen atoms in total. The summed E-state index contributed by atoms with van der Waals surface area (Å²) in [5, 5.41) is 7.99. The highest BCUT2D eigenvalue weighted by molar-refractivity contribution is 5.98. The van der Waals surface area contributed by atoms with Gasteiger partial charge in [0.25, 0.3) is 0 Å². The minimum absolute atomic E-state index is 0.0346. The molecule has 0 N–H and O–H groups in total. The second-order valence-corrected chi connectivity index (χ2v) is 3.65. The first kappa shape index (κ1) is 15.5. The van der Waals surface area contributed by atoms with Gasteiger partial charge in [0.2, 0.25) is 0 Å². The van der Waals surface area contributed by atoms with Gasteiger partial charge in [0, 0.05) is 11.6 Å². The maximum absolute atomic E-state index is 4.07. The van der Waals surface area contributed by atoms with E-state index in [9.17, 15) is 0 Å². The van der Waals surface area contributed by atoms with Crippen LogP contribution < -0.4 is 0 Å². The van der Waals surface area contributed by atoms with Crippen LogP contribution in [0.15, 0.2) is 22.9 Å². The molecule has 0 spiro atoms. The molecule has 82 valence electrons. The lowest BCUT2D eigenvalue weighted by molar-refractivity contribution is 0.592. The lowest BCUT2D eigenvalue weighted by Crippen LogP contribution is -2.17. The fourth-order valence-corrected chi connectivity index (χ4v) is 0.682. The number of rotatable bonds is 3. The monoisotopic (exact) mass is 196 g/mol. The van der Waals surface area contributed by atoms with E-state index >= 15 is 0 Å². The van der Waals surface area contributed by atoms with E-state index in [1.807, 2.05) is 20.8 Å². The molecule has 0 radical (unpaired) electrons. The molecule has 0 atom stereocenters. The fraction of sp³-hybridized carbons (Fsp3) is 0.667. The van der Waals surface area contributed by atoms with Crippen molar-refractivity contribution in [1.82, 2.24) is 0 Å². The van der Waals surface area contributed by atoms with Gasteiger partial charge in [0.1, 0.15) is 0 Å². The van der Waals surface area contributed by atoms with Crippen molar-refractivity contribution in [3.05, 3.63) is 12.7 Å². The zero-order valence-electron chi connectivity index (χ0n) is 10.5. The van der Waals surface area contributed by atoms with Crippen LogP contribution in [0.1, 0.15) is 48.0 Å². The molecule has 0 aromatic rings. The summed E-state index contributed by atoms with van der Waals surface area (Å²) in [4.78, 5) is 0. The van der Waals surface area contributed by atoms with Crippen molar-refractivity contribution in [2.75, 3.05) is 0 Å². The van der Waals surface area contributed by atoms with Crippen LogP contribution in [0.2, 0.25) is 0 Å². The third-order valence-electron chi connectivity index (χ3n) is 1.39. The molecule has 0 heterocycles. The summed E-state index contributed by atoms with van der Waals surface area (Å²) in [5.74, 6) is 0. The van der Waals surface area contributed by atoms with E-state index in [0.29, 0.717) is 0 Å². The van der Waals surface area contributed by atoms with Crippen molar-refractivity contribution in [2.45, 2.75) is 48.0 Å². The van der Waals surface area contributed by atoms with Gasteiger partial charge >= 0.3 is 0 Å². The van der Waals surface area contributed by atoms with Gasteiger partial charge in [-0.3, -0.25) is 0 Å². The Morgan fingerprint density at radius 1 is 1.29 bits per heavy atom. The van der Waals surface area contributed by atoms with E-state index in [4.69, 9.17) is 0 Å². The van der Waals surface area contributed by atoms with Gasteiger partial charge in [0.15, 0.2) is 0 Å². The molecular formula is C12H24N2. The quantitative estimate of drug-likeness (QED) is 0.480. The molecule has 14 heavy (non-hydrogen) atoms. The van der Waals surface area contributed by atoms with Gasteiger partial charge in [0.05, 0.1) is 5.71 Å². The van der Waals surface area contributed by atoms with E-state index in [1.54, 1.807) is 12.3 Å². The SMILES string of the molecule is C=C/C(=N\N=C/CC)C(C)(C)C.CC. The molecule has 0 saturated heterocycles.